The van der Waals surface area contributed by atoms with Crippen LogP contribution in [0.25, 0.3) is 0 Å². The summed E-state index contributed by atoms with van der Waals surface area (Å²) in [5.74, 6) is 1.25. The van der Waals surface area contributed by atoms with Crippen molar-refractivity contribution >= 4 is 23.1 Å². The Morgan fingerprint density at radius 1 is 1.00 bits per heavy atom. The molecule has 5 nitrogen and oxygen atoms in total. The molecular formula is C18H19N5. The third kappa shape index (κ3) is 3.63. The highest BCUT2D eigenvalue weighted by Crippen LogP contribution is 2.23. The van der Waals surface area contributed by atoms with Gasteiger partial charge in [0, 0.05) is 17.9 Å². The largest absolute Gasteiger partial charge is 0.325 e. The highest BCUT2D eigenvalue weighted by Gasteiger charge is 2.10. The van der Waals surface area contributed by atoms with Crippen molar-refractivity contribution in [3.05, 3.63) is 66.4 Å². The van der Waals surface area contributed by atoms with E-state index in [4.69, 9.17) is 0 Å². The Morgan fingerprint density at radius 3 is 2.43 bits per heavy atom. The van der Waals surface area contributed by atoms with Gasteiger partial charge < -0.3 is 10.2 Å². The van der Waals surface area contributed by atoms with Crippen LogP contribution in [0.3, 0.4) is 0 Å². The number of aromatic nitrogens is 3. The van der Waals surface area contributed by atoms with Crippen LogP contribution < -0.4 is 10.2 Å². The molecule has 23 heavy (non-hydrogen) atoms. The van der Waals surface area contributed by atoms with E-state index in [1.54, 1.807) is 6.20 Å². The standard InChI is InChI=1S/C18H19N5/c1-3-23(16-7-5-4-6-8-16)17-13-19-22-18(21-17)20-15-11-9-14(2)10-12-15/h4-13H,3H2,1-2H3,(H,20,21,22). The van der Waals surface area contributed by atoms with E-state index in [-0.39, 0.29) is 0 Å². The van der Waals surface area contributed by atoms with E-state index in [1.165, 1.54) is 5.56 Å². The monoisotopic (exact) mass is 305 g/mol. The minimum absolute atomic E-state index is 0.487. The van der Waals surface area contributed by atoms with Gasteiger partial charge in [0.05, 0.1) is 6.20 Å². The maximum atomic E-state index is 4.58. The zero-order valence-electron chi connectivity index (χ0n) is 13.3. The molecule has 3 aromatic rings. The fourth-order valence-corrected chi connectivity index (χ4v) is 2.33. The molecule has 0 saturated carbocycles. The lowest BCUT2D eigenvalue weighted by molar-refractivity contribution is 0.922. The summed E-state index contributed by atoms with van der Waals surface area (Å²) in [6, 6.07) is 18.2. The molecule has 5 heteroatoms. The normalized spacial score (nSPS) is 10.3. The highest BCUT2D eigenvalue weighted by atomic mass is 15.3. The summed E-state index contributed by atoms with van der Waals surface area (Å²) in [4.78, 5) is 6.67. The topological polar surface area (TPSA) is 53.9 Å². The molecule has 0 bridgehead atoms. The molecule has 0 fully saturated rings. The van der Waals surface area contributed by atoms with Crippen LogP contribution >= 0.6 is 0 Å². The summed E-state index contributed by atoms with van der Waals surface area (Å²) >= 11 is 0. The number of hydrogen-bond acceptors (Lipinski definition) is 5. The lowest BCUT2D eigenvalue weighted by Crippen LogP contribution is -2.18. The second-order valence-corrected chi connectivity index (χ2v) is 5.21. The van der Waals surface area contributed by atoms with Gasteiger partial charge in [-0.15, -0.1) is 5.10 Å². The average molecular weight is 305 g/mol. The molecule has 0 aliphatic heterocycles. The first-order valence-corrected chi connectivity index (χ1v) is 7.62. The lowest BCUT2D eigenvalue weighted by atomic mass is 10.2. The van der Waals surface area contributed by atoms with Gasteiger partial charge in [0.2, 0.25) is 5.95 Å². The summed E-state index contributed by atoms with van der Waals surface area (Å²) in [7, 11) is 0. The lowest BCUT2D eigenvalue weighted by Gasteiger charge is -2.21. The number of rotatable bonds is 5. The molecule has 2 aromatic carbocycles. The Labute approximate surface area is 136 Å². The number of aryl methyl sites for hydroxylation is 1. The molecule has 0 aliphatic carbocycles. The van der Waals surface area contributed by atoms with E-state index in [0.717, 1.165) is 23.7 Å². The highest BCUT2D eigenvalue weighted by molar-refractivity contribution is 5.61. The molecular weight excluding hydrogens is 286 g/mol. The van der Waals surface area contributed by atoms with Crippen molar-refractivity contribution in [1.82, 2.24) is 15.2 Å². The van der Waals surface area contributed by atoms with Crippen molar-refractivity contribution in [2.24, 2.45) is 0 Å². The van der Waals surface area contributed by atoms with Gasteiger partial charge in [0.25, 0.3) is 0 Å². The third-order valence-electron chi connectivity index (χ3n) is 3.51. The van der Waals surface area contributed by atoms with Crippen molar-refractivity contribution in [2.45, 2.75) is 13.8 Å². The summed E-state index contributed by atoms with van der Waals surface area (Å²) in [5.41, 5.74) is 3.23. The van der Waals surface area contributed by atoms with Crippen LogP contribution in [-0.4, -0.2) is 21.7 Å². The van der Waals surface area contributed by atoms with Crippen LogP contribution in [0.15, 0.2) is 60.8 Å². The van der Waals surface area contributed by atoms with Crippen LogP contribution in [0.5, 0.6) is 0 Å². The molecule has 1 aromatic heterocycles. The summed E-state index contributed by atoms with van der Waals surface area (Å²) < 4.78 is 0. The second-order valence-electron chi connectivity index (χ2n) is 5.21. The summed E-state index contributed by atoms with van der Waals surface area (Å²) in [6.07, 6.45) is 1.68. The molecule has 0 amide bonds. The molecule has 3 rings (SSSR count). The van der Waals surface area contributed by atoms with Crippen molar-refractivity contribution in [2.75, 3.05) is 16.8 Å². The fourth-order valence-electron chi connectivity index (χ4n) is 2.33. The molecule has 1 N–H and O–H groups in total. The van der Waals surface area contributed by atoms with Gasteiger partial charge in [0.15, 0.2) is 5.82 Å². The molecule has 1 heterocycles. The Kier molecular flexibility index (Phi) is 4.47. The first-order chi connectivity index (χ1) is 11.3. The molecule has 0 saturated heterocycles. The number of para-hydroxylation sites is 1. The zero-order chi connectivity index (χ0) is 16.1. The molecule has 116 valence electrons. The Bertz CT molecular complexity index is 756. The van der Waals surface area contributed by atoms with E-state index in [0.29, 0.717) is 5.95 Å². The predicted molar refractivity (Wildman–Crippen MR) is 93.4 cm³/mol. The van der Waals surface area contributed by atoms with Gasteiger partial charge in [0.1, 0.15) is 0 Å². The van der Waals surface area contributed by atoms with E-state index >= 15 is 0 Å². The minimum Gasteiger partial charge on any atom is -0.325 e. The Morgan fingerprint density at radius 2 is 1.74 bits per heavy atom. The predicted octanol–water partition coefficient (Wildman–Crippen LogP) is 4.08. The minimum atomic E-state index is 0.487. The number of hydrogen-bond donors (Lipinski definition) is 1. The summed E-state index contributed by atoms with van der Waals surface area (Å²) in [6.45, 7) is 4.94. The van der Waals surface area contributed by atoms with E-state index in [9.17, 15) is 0 Å². The maximum Gasteiger partial charge on any atom is 0.249 e. The molecule has 0 atom stereocenters. The summed E-state index contributed by atoms with van der Waals surface area (Å²) in [5, 5.41) is 11.3. The van der Waals surface area contributed by atoms with Gasteiger partial charge in [-0.1, -0.05) is 35.9 Å². The van der Waals surface area contributed by atoms with Gasteiger partial charge >= 0.3 is 0 Å². The van der Waals surface area contributed by atoms with E-state index in [2.05, 4.69) is 51.4 Å². The molecule has 0 unspecified atom stereocenters. The Balaban J connectivity index is 1.85. The fraction of sp³-hybridized carbons (Fsp3) is 0.167. The van der Waals surface area contributed by atoms with Gasteiger partial charge in [-0.05, 0) is 38.1 Å². The Hall–Kier alpha value is -2.95. The zero-order valence-corrected chi connectivity index (χ0v) is 13.3. The van der Waals surface area contributed by atoms with Crippen molar-refractivity contribution in [3.63, 3.8) is 0 Å². The first-order valence-electron chi connectivity index (χ1n) is 7.62. The van der Waals surface area contributed by atoms with Gasteiger partial charge in [-0.25, -0.2) is 0 Å². The van der Waals surface area contributed by atoms with Crippen molar-refractivity contribution < 1.29 is 0 Å². The number of nitrogens with one attached hydrogen (secondary N) is 1. The smallest absolute Gasteiger partial charge is 0.249 e. The number of anilines is 4. The van der Waals surface area contributed by atoms with E-state index < -0.39 is 0 Å². The maximum absolute atomic E-state index is 4.58. The van der Waals surface area contributed by atoms with Crippen LogP contribution in [0.1, 0.15) is 12.5 Å². The second kappa shape index (κ2) is 6.87. The van der Waals surface area contributed by atoms with Crippen LogP contribution in [0.4, 0.5) is 23.1 Å². The van der Waals surface area contributed by atoms with Crippen molar-refractivity contribution in [1.29, 1.82) is 0 Å². The van der Waals surface area contributed by atoms with Crippen LogP contribution in [0, 0.1) is 6.92 Å². The van der Waals surface area contributed by atoms with Gasteiger partial charge in [-0.3, -0.25) is 0 Å². The average Bonchev–Trinajstić information content (AvgIpc) is 2.59. The van der Waals surface area contributed by atoms with E-state index in [1.807, 2.05) is 42.5 Å². The quantitative estimate of drug-likeness (QED) is 0.769. The molecule has 0 aliphatic rings. The number of nitrogens with zero attached hydrogens (tertiary/aromatic N) is 4. The third-order valence-corrected chi connectivity index (χ3v) is 3.51. The molecule has 0 radical (unpaired) electrons. The first kappa shape index (κ1) is 15.0. The van der Waals surface area contributed by atoms with Crippen molar-refractivity contribution in [3.8, 4) is 0 Å². The van der Waals surface area contributed by atoms with Crippen LogP contribution in [0.2, 0.25) is 0 Å². The number of benzene rings is 2. The SMILES string of the molecule is CCN(c1ccccc1)c1cnnc(Nc2ccc(C)cc2)n1. The molecule has 0 spiro atoms. The van der Waals surface area contributed by atoms with Gasteiger partial charge in [-0.2, -0.15) is 10.1 Å². The van der Waals surface area contributed by atoms with Crippen LogP contribution in [-0.2, 0) is 0 Å².